The molecule has 7 aromatic rings. The molecule has 0 unspecified atom stereocenters. The molecule has 9 rings (SSSR count). The van der Waals surface area contributed by atoms with Crippen LogP contribution < -0.4 is 30.7 Å². The van der Waals surface area contributed by atoms with Crippen molar-refractivity contribution in [3.63, 3.8) is 0 Å². The first-order valence-electron chi connectivity index (χ1n) is 26.6. The maximum absolute atomic E-state index is 15.2. The van der Waals surface area contributed by atoms with Gasteiger partial charge in [-0.1, -0.05) is 115 Å². The van der Waals surface area contributed by atoms with E-state index >= 15 is 8.78 Å². The van der Waals surface area contributed by atoms with Gasteiger partial charge in [0.1, 0.15) is 34.8 Å². The Morgan fingerprint density at radius 1 is 0.489 bits per heavy atom. The smallest absolute Gasteiger partial charge is 0.428 e. The standard InChI is InChI=1S/C35H28F8N2O2.C28H22F8N2O3/c36-27-16-26(17-29(18-27)47-35(42,43)31(38)39)34(19-23-9-5-2-6-10-23,45-32(46)44-28-20-33(40,41)21-28)25-13-14-30(37)24(15-25)12-11-22-7-3-1-4-8-22;29-20-9-19(10-22(11-20)41-28(35,36)24(31)32)27(12-16-4-2-1-3-5-16,18-6-7-23(30)17(8-18)15-39)38-25(40)37-21-13-26(33,34)14-21/h1-18,28,31H,19-21H2,(H2,44,45,46);1-11,15,21,24H,12-14H2,(H2,37,38,40)/b12-11+;/t34-;27-/m11/s1. The van der Waals surface area contributed by atoms with E-state index in [1.165, 1.54) is 18.2 Å². The van der Waals surface area contributed by atoms with Crippen molar-refractivity contribution in [2.24, 2.45) is 0 Å². The second-order valence-electron chi connectivity index (χ2n) is 20.9. The fraction of sp³-hybridized carbons (Fsp3) is 0.254. The highest BCUT2D eigenvalue weighted by Gasteiger charge is 2.50. The molecule has 0 saturated heterocycles. The van der Waals surface area contributed by atoms with Crippen LogP contribution in [0.2, 0.25) is 0 Å². The number of halogens is 16. The predicted molar refractivity (Wildman–Crippen MR) is 291 cm³/mol. The minimum atomic E-state index is -5.01. The molecule has 0 radical (unpaired) electrons. The molecule has 0 aliphatic heterocycles. The van der Waals surface area contributed by atoms with Gasteiger partial charge in [-0.3, -0.25) is 4.79 Å². The number of carbonyl (C=O) groups is 3. The summed E-state index contributed by atoms with van der Waals surface area (Å²) in [4.78, 5) is 38.2. The number of alkyl halides is 12. The van der Waals surface area contributed by atoms with Crippen LogP contribution in [-0.4, -0.2) is 67.3 Å². The zero-order chi connectivity index (χ0) is 63.8. The Morgan fingerprint density at radius 3 is 1.24 bits per heavy atom. The lowest BCUT2D eigenvalue weighted by Gasteiger charge is -2.39. The molecule has 4 N–H and O–H groups in total. The van der Waals surface area contributed by atoms with Crippen LogP contribution in [0.5, 0.6) is 11.5 Å². The average molecular weight is 1250 g/mol. The summed E-state index contributed by atoms with van der Waals surface area (Å²) in [6.45, 7) is 0. The third-order valence-electron chi connectivity index (χ3n) is 14.2. The minimum Gasteiger partial charge on any atom is -0.428 e. The van der Waals surface area contributed by atoms with Gasteiger partial charge >= 0.3 is 37.1 Å². The molecule has 0 bridgehead atoms. The molecule has 0 spiro atoms. The number of urea groups is 2. The number of aldehydes is 1. The molecule has 0 aromatic heterocycles. The van der Waals surface area contributed by atoms with Gasteiger partial charge in [-0.2, -0.15) is 35.1 Å². The van der Waals surface area contributed by atoms with Gasteiger partial charge in [0, 0.05) is 68.3 Å². The van der Waals surface area contributed by atoms with Crippen molar-refractivity contribution in [1.29, 1.82) is 0 Å². The highest BCUT2D eigenvalue weighted by atomic mass is 19.3. The number of nitrogens with one attached hydrogen (secondary N) is 4. The lowest BCUT2D eigenvalue weighted by Crippen LogP contribution is -2.58. The van der Waals surface area contributed by atoms with E-state index in [0.717, 1.165) is 54.1 Å². The maximum Gasteiger partial charge on any atom is 0.461 e. The molecule has 25 heteroatoms. The second kappa shape index (κ2) is 26.5. The lowest BCUT2D eigenvalue weighted by atomic mass is 9.77. The molecule has 9 nitrogen and oxygen atoms in total. The van der Waals surface area contributed by atoms with Crippen molar-refractivity contribution < 1.29 is 94.1 Å². The summed E-state index contributed by atoms with van der Waals surface area (Å²) < 4.78 is 229. The topological polar surface area (TPSA) is 118 Å². The van der Waals surface area contributed by atoms with Crippen LogP contribution >= 0.6 is 0 Å². The number of ether oxygens (including phenoxy) is 2. The van der Waals surface area contributed by atoms with E-state index in [1.54, 1.807) is 97.1 Å². The lowest BCUT2D eigenvalue weighted by molar-refractivity contribution is -0.253. The molecule has 0 heterocycles. The molecule has 2 atom stereocenters. The van der Waals surface area contributed by atoms with Crippen molar-refractivity contribution in [2.45, 2.75) is 98.6 Å². The van der Waals surface area contributed by atoms with E-state index in [-0.39, 0.29) is 46.9 Å². The fourth-order valence-corrected chi connectivity index (χ4v) is 10.0. The second-order valence-corrected chi connectivity index (χ2v) is 20.9. The van der Waals surface area contributed by atoms with Crippen molar-refractivity contribution in [3.8, 4) is 11.5 Å². The number of amides is 4. The van der Waals surface area contributed by atoms with Crippen LogP contribution in [0.15, 0.2) is 164 Å². The summed E-state index contributed by atoms with van der Waals surface area (Å²) in [5, 5.41) is 10.1. The maximum atomic E-state index is 15.2. The number of hydrogen-bond acceptors (Lipinski definition) is 5. The van der Waals surface area contributed by atoms with Gasteiger partial charge in [0.05, 0.1) is 16.6 Å². The summed E-state index contributed by atoms with van der Waals surface area (Å²) in [6, 6.07) is 32.5. The Labute approximate surface area is 491 Å². The zero-order valence-electron chi connectivity index (χ0n) is 45.5. The minimum absolute atomic E-state index is 0.0294. The first-order valence-corrected chi connectivity index (χ1v) is 26.6. The highest BCUT2D eigenvalue weighted by molar-refractivity contribution is 5.79. The molecule has 2 aliphatic rings. The average Bonchev–Trinajstić information content (AvgIpc) is 1.27. The Hall–Kier alpha value is -9.03. The zero-order valence-corrected chi connectivity index (χ0v) is 45.5. The Balaban J connectivity index is 0.000000230. The molecule has 2 aliphatic carbocycles. The van der Waals surface area contributed by atoms with Crippen LogP contribution in [0.3, 0.4) is 0 Å². The summed E-state index contributed by atoms with van der Waals surface area (Å²) in [5.41, 5.74) is -3.11. The predicted octanol–water partition coefficient (Wildman–Crippen LogP) is 15.6. The fourth-order valence-electron chi connectivity index (χ4n) is 10.0. The first kappa shape index (κ1) is 65.0. The van der Waals surface area contributed by atoms with Gasteiger partial charge in [0.25, 0.3) is 11.8 Å². The van der Waals surface area contributed by atoms with Crippen LogP contribution in [-0.2, 0) is 23.9 Å². The van der Waals surface area contributed by atoms with Crippen LogP contribution in [0, 0.1) is 23.3 Å². The van der Waals surface area contributed by atoms with Gasteiger partial charge in [-0.05, 0) is 87.5 Å². The summed E-state index contributed by atoms with van der Waals surface area (Å²) >= 11 is 0. The SMILES string of the molecule is O=C(NC1CC(F)(F)C1)N[C@@](Cc1ccccc1)(c1cc(F)cc(OC(F)(F)C(F)F)c1)c1ccc(F)c(/C=C/c2ccccc2)c1.O=Cc1cc([C@@](Cc2ccccc2)(NC(=O)NC2CC(F)(F)C2)c2cc(F)cc(OC(F)(F)C(F)F)c2)ccc1F. The van der Waals surface area contributed by atoms with Crippen molar-refractivity contribution in [2.75, 3.05) is 0 Å². The number of benzene rings is 7. The van der Waals surface area contributed by atoms with Crippen molar-refractivity contribution >= 4 is 30.5 Å². The first-order chi connectivity index (χ1) is 41.5. The Bertz CT molecular complexity index is 3610. The third kappa shape index (κ3) is 16.1. The monoisotopic (exact) mass is 1250 g/mol. The highest BCUT2D eigenvalue weighted by Crippen LogP contribution is 2.43. The normalized spacial score (nSPS) is 16.2. The van der Waals surface area contributed by atoms with Gasteiger partial charge in [0.2, 0.25) is 0 Å². The third-order valence-corrected chi connectivity index (χ3v) is 14.2. The molecule has 4 amide bonds. The molecular formula is C63H50F16N4O5. The van der Waals surface area contributed by atoms with Crippen molar-refractivity contribution in [1.82, 2.24) is 21.3 Å². The molecule has 7 aromatic carbocycles. The molecule has 2 saturated carbocycles. The van der Waals surface area contributed by atoms with Gasteiger partial charge in [0.15, 0.2) is 6.29 Å². The van der Waals surface area contributed by atoms with Gasteiger partial charge in [-0.15, -0.1) is 0 Å². The van der Waals surface area contributed by atoms with Gasteiger partial charge < -0.3 is 30.7 Å². The van der Waals surface area contributed by atoms with E-state index < -0.39 is 138 Å². The number of carbonyl (C=O) groups excluding carboxylic acids is 3. The quantitative estimate of drug-likeness (QED) is 0.0325. The van der Waals surface area contributed by atoms with E-state index in [2.05, 4.69) is 30.7 Å². The summed E-state index contributed by atoms with van der Waals surface area (Å²) in [5.74, 6) is -12.0. The van der Waals surface area contributed by atoms with E-state index in [1.807, 2.05) is 0 Å². The Kier molecular flexibility index (Phi) is 19.6. The summed E-state index contributed by atoms with van der Waals surface area (Å²) in [6.07, 6.45) is -18.3. The molecule has 2 fully saturated rings. The summed E-state index contributed by atoms with van der Waals surface area (Å²) in [7, 11) is 0. The molecule has 88 heavy (non-hydrogen) atoms. The largest absolute Gasteiger partial charge is 0.461 e. The molecule has 464 valence electrons. The van der Waals surface area contributed by atoms with E-state index in [0.29, 0.717) is 23.3 Å². The van der Waals surface area contributed by atoms with E-state index in [4.69, 9.17) is 0 Å². The number of hydrogen-bond donors (Lipinski definition) is 4. The van der Waals surface area contributed by atoms with Crippen LogP contribution in [0.4, 0.5) is 79.8 Å². The van der Waals surface area contributed by atoms with Crippen LogP contribution in [0.25, 0.3) is 12.2 Å². The molecular weight excluding hydrogens is 1200 g/mol. The van der Waals surface area contributed by atoms with Crippen LogP contribution in [0.1, 0.15) is 80.5 Å². The number of rotatable bonds is 21. The Morgan fingerprint density at radius 2 is 0.864 bits per heavy atom. The van der Waals surface area contributed by atoms with Gasteiger partial charge in [-0.25, -0.2) is 44.7 Å². The van der Waals surface area contributed by atoms with E-state index in [9.17, 15) is 75.8 Å². The van der Waals surface area contributed by atoms with Crippen molar-refractivity contribution in [3.05, 3.63) is 237 Å².